The first-order chi connectivity index (χ1) is 7.58. The van der Waals surface area contributed by atoms with Crippen LogP contribution in [0.25, 0.3) is 0 Å². The van der Waals surface area contributed by atoms with Crippen LogP contribution >= 0.6 is 0 Å². The van der Waals surface area contributed by atoms with E-state index in [0.29, 0.717) is 24.1 Å². The Balaban J connectivity index is 2.01. The lowest BCUT2D eigenvalue weighted by molar-refractivity contribution is 0.1000. The second-order valence-electron chi connectivity index (χ2n) is 4.37. The third-order valence-electron chi connectivity index (χ3n) is 3.00. The van der Waals surface area contributed by atoms with E-state index in [-0.39, 0.29) is 11.4 Å². The molecule has 1 aromatic rings. The minimum Gasteiger partial charge on any atom is -0.366 e. The van der Waals surface area contributed by atoms with E-state index in [1.165, 1.54) is 6.07 Å². The van der Waals surface area contributed by atoms with Crippen LogP contribution in [0.1, 0.15) is 29.3 Å². The number of rotatable bonds is 4. The van der Waals surface area contributed by atoms with E-state index in [9.17, 15) is 9.18 Å². The molecule has 2 rings (SSSR count). The maximum atomic E-state index is 13.5. The Bertz CT molecular complexity index is 419. The van der Waals surface area contributed by atoms with Gasteiger partial charge in [0.05, 0.1) is 0 Å². The van der Waals surface area contributed by atoms with Crippen molar-refractivity contribution >= 4 is 5.91 Å². The zero-order valence-corrected chi connectivity index (χ0v) is 9.16. The van der Waals surface area contributed by atoms with Crippen molar-refractivity contribution in [3.05, 3.63) is 35.1 Å². The smallest absolute Gasteiger partial charge is 0.248 e. The maximum Gasteiger partial charge on any atom is 0.248 e. The molecule has 0 aliphatic heterocycles. The summed E-state index contributed by atoms with van der Waals surface area (Å²) < 4.78 is 13.5. The van der Waals surface area contributed by atoms with Gasteiger partial charge in [-0.25, -0.2) is 4.39 Å². The molecule has 1 aromatic carbocycles. The van der Waals surface area contributed by atoms with Crippen molar-refractivity contribution in [1.29, 1.82) is 0 Å². The van der Waals surface area contributed by atoms with Crippen LogP contribution in [-0.2, 0) is 6.54 Å². The number of nitrogens with two attached hydrogens (primary N) is 1. The number of carbonyl (C=O) groups is 1. The first kappa shape index (κ1) is 11.1. The molecule has 0 bridgehead atoms. The highest BCUT2D eigenvalue weighted by Crippen LogP contribution is 2.29. The van der Waals surface area contributed by atoms with Gasteiger partial charge < -0.3 is 11.1 Å². The Morgan fingerprint density at radius 1 is 1.62 bits per heavy atom. The summed E-state index contributed by atoms with van der Waals surface area (Å²) >= 11 is 0. The molecule has 3 N–H and O–H groups in total. The number of nitrogens with one attached hydrogen (secondary N) is 1. The molecule has 1 aliphatic rings. The predicted molar refractivity (Wildman–Crippen MR) is 59.3 cm³/mol. The van der Waals surface area contributed by atoms with Gasteiger partial charge in [0.2, 0.25) is 5.91 Å². The summed E-state index contributed by atoms with van der Waals surface area (Å²) in [6.45, 7) is 2.66. The summed E-state index contributed by atoms with van der Waals surface area (Å²) in [5.74, 6) is -0.292. The van der Waals surface area contributed by atoms with Gasteiger partial charge in [0.25, 0.3) is 0 Å². The Morgan fingerprint density at radius 2 is 2.31 bits per heavy atom. The minimum atomic E-state index is -0.603. The topological polar surface area (TPSA) is 55.1 Å². The fourth-order valence-electron chi connectivity index (χ4n) is 1.69. The van der Waals surface area contributed by atoms with Crippen LogP contribution in [0.15, 0.2) is 18.2 Å². The SMILES string of the molecule is CC1CC1NCc1ccc(C(N)=O)cc1F. The fraction of sp³-hybridized carbons (Fsp3) is 0.417. The molecule has 1 amide bonds. The lowest BCUT2D eigenvalue weighted by Gasteiger charge is -2.06. The van der Waals surface area contributed by atoms with Crippen molar-refractivity contribution < 1.29 is 9.18 Å². The van der Waals surface area contributed by atoms with Crippen LogP contribution in [0.5, 0.6) is 0 Å². The highest BCUT2D eigenvalue weighted by atomic mass is 19.1. The maximum absolute atomic E-state index is 13.5. The molecule has 0 aromatic heterocycles. The Morgan fingerprint density at radius 3 is 2.81 bits per heavy atom. The summed E-state index contributed by atoms with van der Waals surface area (Å²) in [5.41, 5.74) is 5.84. The van der Waals surface area contributed by atoms with E-state index < -0.39 is 5.91 Å². The van der Waals surface area contributed by atoms with Crippen molar-refractivity contribution in [2.45, 2.75) is 25.9 Å². The molecule has 0 saturated heterocycles. The van der Waals surface area contributed by atoms with E-state index in [4.69, 9.17) is 5.73 Å². The normalized spacial score (nSPS) is 23.1. The number of amides is 1. The monoisotopic (exact) mass is 222 g/mol. The summed E-state index contributed by atoms with van der Waals surface area (Å²) in [6.07, 6.45) is 1.15. The molecule has 2 atom stereocenters. The third-order valence-corrected chi connectivity index (χ3v) is 3.00. The fourth-order valence-corrected chi connectivity index (χ4v) is 1.69. The van der Waals surface area contributed by atoms with Gasteiger partial charge in [-0.2, -0.15) is 0 Å². The number of halogens is 1. The number of hydrogen-bond donors (Lipinski definition) is 2. The van der Waals surface area contributed by atoms with Crippen LogP contribution in [0.2, 0.25) is 0 Å². The lowest BCUT2D eigenvalue weighted by Crippen LogP contribution is -2.18. The minimum absolute atomic E-state index is 0.209. The van der Waals surface area contributed by atoms with Gasteiger partial charge in [0, 0.05) is 23.7 Å². The van der Waals surface area contributed by atoms with Gasteiger partial charge in [-0.3, -0.25) is 4.79 Å². The Hall–Kier alpha value is -1.42. The van der Waals surface area contributed by atoms with E-state index in [2.05, 4.69) is 12.2 Å². The number of carbonyl (C=O) groups excluding carboxylic acids is 1. The van der Waals surface area contributed by atoms with Gasteiger partial charge in [-0.05, 0) is 24.5 Å². The van der Waals surface area contributed by atoms with Crippen molar-refractivity contribution in [2.24, 2.45) is 11.7 Å². The van der Waals surface area contributed by atoms with Crippen LogP contribution in [-0.4, -0.2) is 11.9 Å². The van der Waals surface area contributed by atoms with Crippen molar-refractivity contribution in [3.8, 4) is 0 Å². The molecule has 0 radical (unpaired) electrons. The second-order valence-corrected chi connectivity index (χ2v) is 4.37. The molecule has 86 valence electrons. The first-order valence-electron chi connectivity index (χ1n) is 5.39. The molecule has 0 heterocycles. The highest BCUT2D eigenvalue weighted by Gasteiger charge is 2.31. The van der Waals surface area contributed by atoms with E-state index in [0.717, 1.165) is 6.42 Å². The summed E-state index contributed by atoms with van der Waals surface area (Å²) in [5, 5.41) is 3.26. The second kappa shape index (κ2) is 4.22. The number of primary amides is 1. The van der Waals surface area contributed by atoms with Crippen molar-refractivity contribution in [2.75, 3.05) is 0 Å². The molecule has 4 heteroatoms. The molecule has 16 heavy (non-hydrogen) atoms. The lowest BCUT2D eigenvalue weighted by atomic mass is 10.1. The van der Waals surface area contributed by atoms with Gasteiger partial charge in [0.1, 0.15) is 5.82 Å². The third kappa shape index (κ3) is 2.39. The molecule has 1 fully saturated rings. The Kier molecular flexibility index (Phi) is 2.92. The molecule has 1 aliphatic carbocycles. The van der Waals surface area contributed by atoms with Gasteiger partial charge in [-0.15, -0.1) is 0 Å². The quantitative estimate of drug-likeness (QED) is 0.809. The van der Waals surface area contributed by atoms with E-state index in [1.807, 2.05) is 0 Å². The van der Waals surface area contributed by atoms with Crippen molar-refractivity contribution in [1.82, 2.24) is 5.32 Å². The average Bonchev–Trinajstić information content (AvgIpc) is 2.92. The molecule has 3 nitrogen and oxygen atoms in total. The molecular formula is C12H15FN2O. The number of hydrogen-bond acceptors (Lipinski definition) is 2. The van der Waals surface area contributed by atoms with Gasteiger partial charge in [0.15, 0.2) is 0 Å². The molecule has 1 saturated carbocycles. The zero-order valence-electron chi connectivity index (χ0n) is 9.16. The van der Waals surface area contributed by atoms with Gasteiger partial charge in [-0.1, -0.05) is 13.0 Å². The molecular weight excluding hydrogens is 207 g/mol. The summed E-state index contributed by atoms with van der Waals surface area (Å²) in [7, 11) is 0. The first-order valence-corrected chi connectivity index (χ1v) is 5.39. The largest absolute Gasteiger partial charge is 0.366 e. The van der Waals surface area contributed by atoms with Crippen LogP contribution in [0, 0.1) is 11.7 Å². The molecule has 0 spiro atoms. The number of benzene rings is 1. The Labute approximate surface area is 93.8 Å². The van der Waals surface area contributed by atoms with Crippen LogP contribution < -0.4 is 11.1 Å². The molecule has 2 unspecified atom stereocenters. The van der Waals surface area contributed by atoms with Crippen molar-refractivity contribution in [3.63, 3.8) is 0 Å². The summed E-state index contributed by atoms with van der Waals surface area (Å²) in [6, 6.07) is 4.86. The highest BCUT2D eigenvalue weighted by molar-refractivity contribution is 5.92. The summed E-state index contributed by atoms with van der Waals surface area (Å²) in [4.78, 5) is 10.8. The predicted octanol–water partition coefficient (Wildman–Crippen LogP) is 1.42. The standard InChI is InChI=1S/C12H15FN2O/c1-7-4-11(7)15-6-9-3-2-8(12(14)16)5-10(9)13/h2-3,5,7,11,15H,4,6H2,1H3,(H2,14,16). The zero-order chi connectivity index (χ0) is 11.7. The van der Waals surface area contributed by atoms with E-state index >= 15 is 0 Å². The average molecular weight is 222 g/mol. The van der Waals surface area contributed by atoms with Gasteiger partial charge >= 0.3 is 0 Å². The van der Waals surface area contributed by atoms with E-state index in [1.54, 1.807) is 12.1 Å². The van der Waals surface area contributed by atoms with Crippen LogP contribution in [0.4, 0.5) is 4.39 Å². The van der Waals surface area contributed by atoms with Crippen LogP contribution in [0.3, 0.4) is 0 Å².